The molecule has 2 heterocycles. The molecule has 15 heavy (non-hydrogen) atoms. The largest absolute Gasteiger partial charge is 0.262 e. The molecule has 2 rings (SSSR count). The Hall–Kier alpha value is -1.29. The maximum Gasteiger partial charge on any atom is 0.151 e. The number of halogens is 1. The molecule has 0 N–H and O–H groups in total. The first-order chi connectivity index (χ1) is 7.18. The van der Waals surface area contributed by atoms with E-state index in [0.29, 0.717) is 11.5 Å². The van der Waals surface area contributed by atoms with Gasteiger partial charge in [0, 0.05) is 17.1 Å². The zero-order valence-corrected chi connectivity index (χ0v) is 9.38. The first-order valence-corrected chi connectivity index (χ1v) is 5.61. The summed E-state index contributed by atoms with van der Waals surface area (Å²) < 4.78 is 13.4. The second-order valence-electron chi connectivity index (χ2n) is 3.59. The Morgan fingerprint density at radius 3 is 2.80 bits per heavy atom. The molecule has 78 valence electrons. The van der Waals surface area contributed by atoms with Gasteiger partial charge in [-0.2, -0.15) is 0 Å². The SMILES string of the molecule is CC(C)c1csc(-c2ccncc2F)n1. The monoisotopic (exact) mass is 222 g/mol. The number of hydrogen-bond donors (Lipinski definition) is 0. The van der Waals surface area contributed by atoms with E-state index < -0.39 is 0 Å². The van der Waals surface area contributed by atoms with Gasteiger partial charge in [-0.25, -0.2) is 9.37 Å². The minimum absolute atomic E-state index is 0.317. The molecule has 0 aromatic carbocycles. The van der Waals surface area contributed by atoms with Crippen LogP contribution in [0, 0.1) is 5.82 Å². The molecule has 0 fully saturated rings. The molecular weight excluding hydrogens is 211 g/mol. The lowest BCUT2D eigenvalue weighted by Crippen LogP contribution is -1.88. The number of thiazole rings is 1. The molecule has 0 bridgehead atoms. The molecule has 0 saturated carbocycles. The van der Waals surface area contributed by atoms with Crippen LogP contribution in [0.5, 0.6) is 0 Å². The van der Waals surface area contributed by atoms with Crippen molar-refractivity contribution in [2.24, 2.45) is 0 Å². The number of nitrogens with zero attached hydrogens (tertiary/aromatic N) is 2. The molecule has 0 atom stereocenters. The van der Waals surface area contributed by atoms with Crippen molar-refractivity contribution in [2.75, 3.05) is 0 Å². The van der Waals surface area contributed by atoms with E-state index in [1.54, 1.807) is 12.3 Å². The van der Waals surface area contributed by atoms with Crippen LogP contribution in [0.3, 0.4) is 0 Å². The van der Waals surface area contributed by atoms with Crippen molar-refractivity contribution in [3.63, 3.8) is 0 Å². The zero-order chi connectivity index (χ0) is 10.8. The van der Waals surface area contributed by atoms with Gasteiger partial charge >= 0.3 is 0 Å². The highest BCUT2D eigenvalue weighted by molar-refractivity contribution is 7.13. The average Bonchev–Trinajstić information content (AvgIpc) is 2.67. The lowest BCUT2D eigenvalue weighted by atomic mass is 10.2. The molecule has 2 aromatic rings. The molecule has 0 unspecified atom stereocenters. The fraction of sp³-hybridized carbons (Fsp3) is 0.273. The highest BCUT2D eigenvalue weighted by Crippen LogP contribution is 2.27. The predicted molar refractivity (Wildman–Crippen MR) is 59.4 cm³/mol. The van der Waals surface area contributed by atoms with Crippen LogP contribution in [0.4, 0.5) is 4.39 Å². The first-order valence-electron chi connectivity index (χ1n) is 4.74. The number of hydrogen-bond acceptors (Lipinski definition) is 3. The van der Waals surface area contributed by atoms with E-state index in [1.165, 1.54) is 17.5 Å². The summed E-state index contributed by atoms with van der Waals surface area (Å²) in [5.74, 6) is 0.0575. The maximum absolute atomic E-state index is 13.4. The molecule has 4 heteroatoms. The highest BCUT2D eigenvalue weighted by atomic mass is 32.1. The van der Waals surface area contributed by atoms with E-state index in [1.807, 2.05) is 5.38 Å². The third kappa shape index (κ3) is 2.04. The van der Waals surface area contributed by atoms with Gasteiger partial charge in [-0.1, -0.05) is 13.8 Å². The molecule has 0 spiro atoms. The highest BCUT2D eigenvalue weighted by Gasteiger charge is 2.10. The minimum atomic E-state index is -0.317. The molecule has 0 radical (unpaired) electrons. The van der Waals surface area contributed by atoms with E-state index in [-0.39, 0.29) is 5.82 Å². The van der Waals surface area contributed by atoms with E-state index >= 15 is 0 Å². The lowest BCUT2D eigenvalue weighted by Gasteiger charge is -1.98. The van der Waals surface area contributed by atoms with Gasteiger partial charge < -0.3 is 0 Å². The van der Waals surface area contributed by atoms with Crippen molar-refractivity contribution >= 4 is 11.3 Å². The second-order valence-corrected chi connectivity index (χ2v) is 4.45. The summed E-state index contributed by atoms with van der Waals surface area (Å²) >= 11 is 1.47. The van der Waals surface area contributed by atoms with Gasteiger partial charge in [0.15, 0.2) is 5.82 Å². The number of pyridine rings is 1. The molecule has 0 saturated heterocycles. The molecule has 0 aliphatic heterocycles. The lowest BCUT2D eigenvalue weighted by molar-refractivity contribution is 0.624. The number of aromatic nitrogens is 2. The van der Waals surface area contributed by atoms with Crippen molar-refractivity contribution in [3.8, 4) is 10.6 Å². The van der Waals surface area contributed by atoms with Crippen LogP contribution in [-0.4, -0.2) is 9.97 Å². The van der Waals surface area contributed by atoms with Crippen LogP contribution in [-0.2, 0) is 0 Å². The van der Waals surface area contributed by atoms with Gasteiger partial charge in [0.25, 0.3) is 0 Å². The second kappa shape index (κ2) is 4.06. The molecule has 2 nitrogen and oxygen atoms in total. The quantitative estimate of drug-likeness (QED) is 0.777. The summed E-state index contributed by atoms with van der Waals surface area (Å²) in [6, 6.07) is 1.65. The Labute approximate surface area is 91.8 Å². The fourth-order valence-corrected chi connectivity index (χ4v) is 2.23. The topological polar surface area (TPSA) is 25.8 Å². The van der Waals surface area contributed by atoms with Crippen LogP contribution in [0.2, 0.25) is 0 Å². The Morgan fingerprint density at radius 2 is 2.20 bits per heavy atom. The molecule has 0 aliphatic carbocycles. The van der Waals surface area contributed by atoms with Gasteiger partial charge in [-0.15, -0.1) is 11.3 Å². The van der Waals surface area contributed by atoms with Crippen molar-refractivity contribution in [2.45, 2.75) is 19.8 Å². The Kier molecular flexibility index (Phi) is 2.77. The van der Waals surface area contributed by atoms with E-state index in [4.69, 9.17) is 0 Å². The van der Waals surface area contributed by atoms with Gasteiger partial charge in [-0.05, 0) is 12.0 Å². The Balaban J connectivity index is 2.42. The van der Waals surface area contributed by atoms with Crippen molar-refractivity contribution in [1.29, 1.82) is 0 Å². The normalized spacial score (nSPS) is 10.9. The average molecular weight is 222 g/mol. The van der Waals surface area contributed by atoms with Crippen LogP contribution in [0.1, 0.15) is 25.5 Å². The maximum atomic E-state index is 13.4. The van der Waals surface area contributed by atoms with E-state index in [0.717, 1.165) is 10.7 Å². The summed E-state index contributed by atoms with van der Waals surface area (Å²) in [5.41, 5.74) is 1.54. The first kappa shape index (κ1) is 10.2. The molecule has 2 aromatic heterocycles. The Bertz CT molecular complexity index is 465. The third-order valence-corrected chi connectivity index (χ3v) is 3.01. The van der Waals surface area contributed by atoms with Crippen LogP contribution >= 0.6 is 11.3 Å². The fourth-order valence-electron chi connectivity index (χ4n) is 1.22. The van der Waals surface area contributed by atoms with Gasteiger partial charge in [0.2, 0.25) is 0 Å². The predicted octanol–water partition coefficient (Wildman–Crippen LogP) is 3.47. The summed E-state index contributed by atoms with van der Waals surface area (Å²) in [7, 11) is 0. The van der Waals surface area contributed by atoms with Gasteiger partial charge in [0.1, 0.15) is 5.01 Å². The molecule has 0 aliphatic rings. The van der Waals surface area contributed by atoms with E-state index in [9.17, 15) is 4.39 Å². The summed E-state index contributed by atoms with van der Waals surface area (Å²) in [4.78, 5) is 8.11. The van der Waals surface area contributed by atoms with E-state index in [2.05, 4.69) is 23.8 Å². The van der Waals surface area contributed by atoms with Gasteiger partial charge in [0.05, 0.1) is 11.9 Å². The Morgan fingerprint density at radius 1 is 1.40 bits per heavy atom. The van der Waals surface area contributed by atoms with Crippen molar-refractivity contribution in [3.05, 3.63) is 35.4 Å². The van der Waals surface area contributed by atoms with Crippen LogP contribution in [0.15, 0.2) is 23.8 Å². The zero-order valence-electron chi connectivity index (χ0n) is 8.57. The van der Waals surface area contributed by atoms with Gasteiger partial charge in [-0.3, -0.25) is 4.98 Å². The number of rotatable bonds is 2. The van der Waals surface area contributed by atoms with Crippen LogP contribution in [0.25, 0.3) is 10.6 Å². The minimum Gasteiger partial charge on any atom is -0.262 e. The van der Waals surface area contributed by atoms with Crippen molar-refractivity contribution < 1.29 is 4.39 Å². The standard InChI is InChI=1S/C11H11FN2S/c1-7(2)10-6-15-11(14-10)8-3-4-13-5-9(8)12/h3-7H,1-2H3. The van der Waals surface area contributed by atoms with Crippen molar-refractivity contribution in [1.82, 2.24) is 9.97 Å². The smallest absolute Gasteiger partial charge is 0.151 e. The molecular formula is C11H11FN2S. The molecule has 0 amide bonds. The summed E-state index contributed by atoms with van der Waals surface area (Å²) in [5, 5.41) is 2.69. The van der Waals surface area contributed by atoms with Crippen LogP contribution < -0.4 is 0 Å². The summed E-state index contributed by atoms with van der Waals surface area (Å²) in [6.45, 7) is 4.14. The third-order valence-electron chi connectivity index (χ3n) is 2.12. The summed E-state index contributed by atoms with van der Waals surface area (Å²) in [6.07, 6.45) is 2.79.